The van der Waals surface area contributed by atoms with Gasteiger partial charge in [-0.1, -0.05) is 18.2 Å². The van der Waals surface area contributed by atoms with Crippen molar-refractivity contribution in [3.8, 4) is 0 Å². The lowest BCUT2D eigenvalue weighted by atomic mass is 10.1. The molecule has 17 heavy (non-hydrogen) atoms. The molecule has 1 aromatic heterocycles. The summed E-state index contributed by atoms with van der Waals surface area (Å²) in [5.74, 6) is 0.0487. The number of nitrogens with one attached hydrogen (secondary N) is 1. The fourth-order valence-corrected chi connectivity index (χ4v) is 1.93. The van der Waals surface area contributed by atoms with Crippen LogP contribution in [0.15, 0.2) is 39.4 Å². The number of anilines is 1. The maximum atomic E-state index is 11.9. The van der Waals surface area contributed by atoms with Crippen molar-refractivity contribution in [3.63, 3.8) is 0 Å². The third kappa shape index (κ3) is 2.58. The van der Waals surface area contributed by atoms with Gasteiger partial charge in [-0.05, 0) is 53.0 Å². The average Bonchev–Trinajstić information content (AvgIpc) is 2.70. The van der Waals surface area contributed by atoms with Crippen molar-refractivity contribution in [2.45, 2.75) is 13.8 Å². The summed E-state index contributed by atoms with van der Waals surface area (Å²) in [6.45, 7) is 3.92. The highest BCUT2D eigenvalue weighted by molar-refractivity contribution is 9.10. The van der Waals surface area contributed by atoms with Crippen molar-refractivity contribution in [2.24, 2.45) is 0 Å². The Morgan fingerprint density at radius 3 is 2.35 bits per heavy atom. The van der Waals surface area contributed by atoms with Gasteiger partial charge < -0.3 is 9.73 Å². The molecule has 1 heterocycles. The molecular formula is C13H12BrNO2. The Morgan fingerprint density at radius 1 is 1.18 bits per heavy atom. The molecule has 2 aromatic rings. The van der Waals surface area contributed by atoms with Gasteiger partial charge in [0.05, 0.1) is 0 Å². The molecule has 0 aliphatic rings. The normalized spacial score (nSPS) is 10.3. The first-order valence-electron chi connectivity index (χ1n) is 5.21. The van der Waals surface area contributed by atoms with Gasteiger partial charge in [0.1, 0.15) is 0 Å². The van der Waals surface area contributed by atoms with E-state index in [0.717, 1.165) is 16.8 Å². The van der Waals surface area contributed by atoms with Crippen molar-refractivity contribution in [3.05, 3.63) is 51.9 Å². The predicted octanol–water partition coefficient (Wildman–Crippen LogP) is 3.91. The lowest BCUT2D eigenvalue weighted by Crippen LogP contribution is -2.12. The quantitative estimate of drug-likeness (QED) is 0.912. The zero-order valence-corrected chi connectivity index (χ0v) is 11.2. The highest BCUT2D eigenvalue weighted by Crippen LogP contribution is 2.21. The standard InChI is InChI=1S/C13H12BrNO2/c1-8-4-3-5-9(2)12(8)15-13(16)10-6-7-11(14)17-10/h3-7H,1-2H3,(H,15,16). The lowest BCUT2D eigenvalue weighted by Gasteiger charge is -2.09. The monoisotopic (exact) mass is 293 g/mol. The van der Waals surface area contributed by atoms with Crippen LogP contribution in [0.4, 0.5) is 5.69 Å². The second kappa shape index (κ2) is 4.75. The molecule has 0 unspecified atom stereocenters. The number of amides is 1. The molecule has 0 spiro atoms. The van der Waals surface area contributed by atoms with Crippen LogP contribution in [0.2, 0.25) is 0 Å². The smallest absolute Gasteiger partial charge is 0.291 e. The third-order valence-electron chi connectivity index (χ3n) is 2.52. The van der Waals surface area contributed by atoms with E-state index in [2.05, 4.69) is 21.2 Å². The second-order valence-corrected chi connectivity index (χ2v) is 4.61. The summed E-state index contributed by atoms with van der Waals surface area (Å²) in [4.78, 5) is 11.9. The predicted molar refractivity (Wildman–Crippen MR) is 70.3 cm³/mol. The average molecular weight is 294 g/mol. The van der Waals surface area contributed by atoms with E-state index in [9.17, 15) is 4.79 Å². The first-order chi connectivity index (χ1) is 8.08. The molecule has 0 aliphatic carbocycles. The fourth-order valence-electron chi connectivity index (χ4n) is 1.62. The van der Waals surface area contributed by atoms with Crippen LogP contribution in [-0.4, -0.2) is 5.91 Å². The van der Waals surface area contributed by atoms with Gasteiger partial charge in [0.2, 0.25) is 0 Å². The number of benzene rings is 1. The molecule has 1 amide bonds. The molecule has 0 fully saturated rings. The van der Waals surface area contributed by atoms with E-state index < -0.39 is 0 Å². The molecule has 4 heteroatoms. The summed E-state index contributed by atoms with van der Waals surface area (Å²) in [5.41, 5.74) is 2.90. The summed E-state index contributed by atoms with van der Waals surface area (Å²) in [6, 6.07) is 9.21. The third-order valence-corrected chi connectivity index (χ3v) is 2.94. The van der Waals surface area contributed by atoms with E-state index in [4.69, 9.17) is 4.42 Å². The molecular weight excluding hydrogens is 282 g/mol. The van der Waals surface area contributed by atoms with Gasteiger partial charge in [0.25, 0.3) is 5.91 Å². The largest absolute Gasteiger partial charge is 0.444 e. The minimum atomic E-state index is -0.242. The van der Waals surface area contributed by atoms with Crippen LogP contribution in [-0.2, 0) is 0 Å². The fraction of sp³-hybridized carbons (Fsp3) is 0.154. The van der Waals surface area contributed by atoms with E-state index in [0.29, 0.717) is 10.4 Å². The molecule has 88 valence electrons. The molecule has 0 atom stereocenters. The number of halogens is 1. The Bertz CT molecular complexity index is 540. The second-order valence-electron chi connectivity index (χ2n) is 3.82. The topological polar surface area (TPSA) is 42.2 Å². The molecule has 0 saturated carbocycles. The molecule has 0 radical (unpaired) electrons. The molecule has 1 aromatic carbocycles. The van der Waals surface area contributed by atoms with Crippen LogP contribution in [0.5, 0.6) is 0 Å². The van der Waals surface area contributed by atoms with Gasteiger partial charge >= 0.3 is 0 Å². The van der Waals surface area contributed by atoms with Gasteiger partial charge in [-0.15, -0.1) is 0 Å². The number of furan rings is 1. The number of carbonyl (C=O) groups excluding carboxylic acids is 1. The highest BCUT2D eigenvalue weighted by Gasteiger charge is 2.12. The molecule has 0 bridgehead atoms. The molecule has 2 rings (SSSR count). The Balaban J connectivity index is 2.24. The Morgan fingerprint density at radius 2 is 1.82 bits per heavy atom. The zero-order valence-electron chi connectivity index (χ0n) is 9.58. The molecule has 3 nitrogen and oxygen atoms in total. The van der Waals surface area contributed by atoms with Crippen LogP contribution in [0, 0.1) is 13.8 Å². The summed E-state index contributed by atoms with van der Waals surface area (Å²) >= 11 is 3.17. The van der Waals surface area contributed by atoms with Crippen molar-refractivity contribution in [1.29, 1.82) is 0 Å². The minimum absolute atomic E-state index is 0.242. The van der Waals surface area contributed by atoms with Gasteiger partial charge in [-0.25, -0.2) is 0 Å². The van der Waals surface area contributed by atoms with E-state index in [-0.39, 0.29) is 5.91 Å². The zero-order chi connectivity index (χ0) is 12.4. The van der Waals surface area contributed by atoms with Crippen molar-refractivity contribution in [2.75, 3.05) is 5.32 Å². The number of hydrogen-bond acceptors (Lipinski definition) is 2. The number of aryl methyl sites for hydroxylation is 2. The minimum Gasteiger partial charge on any atom is -0.444 e. The van der Waals surface area contributed by atoms with Crippen molar-refractivity contribution >= 4 is 27.5 Å². The number of carbonyl (C=O) groups is 1. The molecule has 0 saturated heterocycles. The maximum absolute atomic E-state index is 11.9. The highest BCUT2D eigenvalue weighted by atomic mass is 79.9. The summed E-state index contributed by atoms with van der Waals surface area (Å²) in [5, 5.41) is 2.85. The van der Waals surface area contributed by atoms with E-state index >= 15 is 0 Å². The van der Waals surface area contributed by atoms with Crippen LogP contribution < -0.4 is 5.32 Å². The first kappa shape index (κ1) is 11.9. The van der Waals surface area contributed by atoms with Crippen molar-refractivity contribution in [1.82, 2.24) is 0 Å². The molecule has 1 N–H and O–H groups in total. The van der Waals surface area contributed by atoms with Crippen LogP contribution in [0.3, 0.4) is 0 Å². The van der Waals surface area contributed by atoms with Crippen molar-refractivity contribution < 1.29 is 9.21 Å². The summed E-state index contributed by atoms with van der Waals surface area (Å²) in [7, 11) is 0. The van der Waals surface area contributed by atoms with E-state index in [1.165, 1.54) is 0 Å². The number of rotatable bonds is 2. The Labute approximate surface area is 108 Å². The van der Waals surface area contributed by atoms with Gasteiger partial charge in [-0.2, -0.15) is 0 Å². The summed E-state index contributed by atoms with van der Waals surface area (Å²) < 4.78 is 5.75. The van der Waals surface area contributed by atoms with E-state index in [1.807, 2.05) is 32.0 Å². The van der Waals surface area contributed by atoms with Crippen LogP contribution in [0.1, 0.15) is 21.7 Å². The number of para-hydroxylation sites is 1. The van der Waals surface area contributed by atoms with Crippen LogP contribution in [0.25, 0.3) is 0 Å². The van der Waals surface area contributed by atoms with Gasteiger partial charge in [0.15, 0.2) is 10.4 Å². The van der Waals surface area contributed by atoms with Crippen LogP contribution >= 0.6 is 15.9 Å². The van der Waals surface area contributed by atoms with E-state index in [1.54, 1.807) is 12.1 Å². The molecule has 0 aliphatic heterocycles. The van der Waals surface area contributed by atoms with Gasteiger partial charge in [-0.3, -0.25) is 4.79 Å². The number of hydrogen-bond donors (Lipinski definition) is 1. The summed E-state index contributed by atoms with van der Waals surface area (Å²) in [6.07, 6.45) is 0. The first-order valence-corrected chi connectivity index (χ1v) is 6.00. The maximum Gasteiger partial charge on any atom is 0.291 e. The lowest BCUT2D eigenvalue weighted by molar-refractivity contribution is 0.0995. The Kier molecular flexibility index (Phi) is 3.33. The van der Waals surface area contributed by atoms with Gasteiger partial charge in [0, 0.05) is 5.69 Å². The Hall–Kier alpha value is -1.55. The SMILES string of the molecule is Cc1cccc(C)c1NC(=O)c1ccc(Br)o1.